The van der Waals surface area contributed by atoms with Crippen LogP contribution >= 0.6 is 0 Å². The molecule has 0 bridgehead atoms. The van der Waals surface area contributed by atoms with E-state index in [2.05, 4.69) is 5.32 Å². The molecule has 1 N–H and O–H groups in total. The molecule has 48 valence electrons. The summed E-state index contributed by atoms with van der Waals surface area (Å²) in [7, 11) is 0. The lowest BCUT2D eigenvalue weighted by molar-refractivity contribution is -0.109. The number of aldehydes is 1. The summed E-state index contributed by atoms with van der Waals surface area (Å²) in [6.07, 6.45) is 1.35. The van der Waals surface area contributed by atoms with Crippen molar-refractivity contribution in [2.75, 3.05) is 6.80 Å². The third-order valence-electron chi connectivity index (χ3n) is 0.943. The Balaban J connectivity index is 3.21. The summed E-state index contributed by atoms with van der Waals surface area (Å²) in [6, 6.07) is -0.306. The topological polar surface area (TPSA) is 29.1 Å². The molecule has 0 radical (unpaired) electrons. The Hall–Kier alpha value is -0.440. The Labute approximate surface area is 48.1 Å². The molecule has 0 rings (SSSR count). The Morgan fingerprint density at radius 1 is 1.88 bits per heavy atom. The molecule has 0 aliphatic carbocycles. The molecule has 8 heavy (non-hydrogen) atoms. The van der Waals surface area contributed by atoms with Crippen LogP contribution in [-0.2, 0) is 4.79 Å². The van der Waals surface area contributed by atoms with Crippen LogP contribution in [0.25, 0.3) is 0 Å². The van der Waals surface area contributed by atoms with Gasteiger partial charge in [0.25, 0.3) is 0 Å². The number of halogens is 1. The number of hydrogen-bond acceptors (Lipinski definition) is 2. The smallest absolute Gasteiger partial charge is 0.141 e. The standard InChI is InChI=1S/C5H10FNO/c1-2-5(3-8)7-4-6/h3,5,7H,2,4H2,1H3. The van der Waals surface area contributed by atoms with Gasteiger partial charge in [0.1, 0.15) is 13.1 Å². The maximum atomic E-state index is 11.3. The van der Waals surface area contributed by atoms with Crippen molar-refractivity contribution >= 4 is 6.29 Å². The molecule has 0 aromatic rings. The zero-order valence-electron chi connectivity index (χ0n) is 4.86. The lowest BCUT2D eigenvalue weighted by Crippen LogP contribution is -2.28. The maximum Gasteiger partial charge on any atom is 0.141 e. The monoisotopic (exact) mass is 119 g/mol. The van der Waals surface area contributed by atoms with Gasteiger partial charge in [-0.15, -0.1) is 0 Å². The Morgan fingerprint density at radius 3 is 2.62 bits per heavy atom. The molecule has 0 aromatic heterocycles. The van der Waals surface area contributed by atoms with Crippen LogP contribution in [0.3, 0.4) is 0 Å². The maximum absolute atomic E-state index is 11.3. The van der Waals surface area contributed by atoms with Crippen molar-refractivity contribution in [1.29, 1.82) is 0 Å². The molecule has 0 spiro atoms. The zero-order chi connectivity index (χ0) is 6.41. The molecule has 0 heterocycles. The lowest BCUT2D eigenvalue weighted by Gasteiger charge is -2.03. The minimum atomic E-state index is -0.628. The van der Waals surface area contributed by atoms with Crippen molar-refractivity contribution < 1.29 is 9.18 Å². The Morgan fingerprint density at radius 2 is 2.50 bits per heavy atom. The predicted octanol–water partition coefficient (Wildman–Crippen LogP) is 0.481. The molecule has 1 unspecified atom stereocenters. The van der Waals surface area contributed by atoms with Gasteiger partial charge in [0.05, 0.1) is 6.04 Å². The fraction of sp³-hybridized carbons (Fsp3) is 0.800. The van der Waals surface area contributed by atoms with Crippen LogP contribution < -0.4 is 5.32 Å². The van der Waals surface area contributed by atoms with Crippen LogP contribution in [0.1, 0.15) is 13.3 Å². The first kappa shape index (κ1) is 7.56. The number of hydrogen-bond donors (Lipinski definition) is 1. The van der Waals surface area contributed by atoms with E-state index in [1.807, 2.05) is 6.92 Å². The molecule has 1 atom stereocenters. The summed E-state index contributed by atoms with van der Waals surface area (Å²) < 4.78 is 11.3. The summed E-state index contributed by atoms with van der Waals surface area (Å²) in [4.78, 5) is 9.90. The van der Waals surface area contributed by atoms with Crippen molar-refractivity contribution in [2.45, 2.75) is 19.4 Å². The Bertz CT molecular complexity index is 67.4. The second kappa shape index (κ2) is 4.71. The Kier molecular flexibility index (Phi) is 4.45. The fourth-order valence-corrected chi connectivity index (χ4v) is 0.388. The third-order valence-corrected chi connectivity index (χ3v) is 0.943. The van der Waals surface area contributed by atoms with E-state index in [0.717, 1.165) is 0 Å². The number of carbonyl (C=O) groups excluding carboxylic acids is 1. The van der Waals surface area contributed by atoms with Crippen molar-refractivity contribution in [1.82, 2.24) is 5.32 Å². The average molecular weight is 119 g/mol. The van der Waals surface area contributed by atoms with Crippen molar-refractivity contribution in [3.8, 4) is 0 Å². The summed E-state index contributed by atoms with van der Waals surface area (Å²) in [6.45, 7) is 1.19. The largest absolute Gasteiger partial charge is 0.302 e. The first-order valence-electron chi connectivity index (χ1n) is 2.59. The quantitative estimate of drug-likeness (QED) is 0.431. The van der Waals surface area contributed by atoms with E-state index < -0.39 is 6.80 Å². The number of carbonyl (C=O) groups is 1. The molecule has 0 saturated heterocycles. The molecule has 0 aliphatic rings. The molecule has 0 amide bonds. The summed E-state index contributed by atoms with van der Waals surface area (Å²) in [5, 5.41) is 2.35. The highest BCUT2D eigenvalue weighted by Gasteiger charge is 1.99. The van der Waals surface area contributed by atoms with Gasteiger partial charge in [-0.25, -0.2) is 4.39 Å². The lowest BCUT2D eigenvalue weighted by atomic mass is 10.3. The van der Waals surface area contributed by atoms with E-state index >= 15 is 0 Å². The molecule has 0 aliphatic heterocycles. The van der Waals surface area contributed by atoms with Crippen molar-refractivity contribution in [3.05, 3.63) is 0 Å². The van der Waals surface area contributed by atoms with Crippen LogP contribution in [0, 0.1) is 0 Å². The number of nitrogens with one attached hydrogen (secondary N) is 1. The van der Waals surface area contributed by atoms with Gasteiger partial charge in [0.2, 0.25) is 0 Å². The molecular weight excluding hydrogens is 109 g/mol. The summed E-state index contributed by atoms with van der Waals surface area (Å²) in [5.74, 6) is 0. The minimum absolute atomic E-state index is 0.306. The highest BCUT2D eigenvalue weighted by molar-refractivity contribution is 5.57. The van der Waals surface area contributed by atoms with Gasteiger partial charge >= 0.3 is 0 Å². The molecule has 3 heteroatoms. The fourth-order valence-electron chi connectivity index (χ4n) is 0.388. The second-order valence-electron chi connectivity index (χ2n) is 1.49. The molecule has 2 nitrogen and oxygen atoms in total. The van der Waals surface area contributed by atoms with Gasteiger partial charge in [-0.2, -0.15) is 0 Å². The first-order valence-corrected chi connectivity index (χ1v) is 2.59. The molecular formula is C5H10FNO. The van der Waals surface area contributed by atoms with E-state index in [4.69, 9.17) is 0 Å². The van der Waals surface area contributed by atoms with Crippen molar-refractivity contribution in [2.24, 2.45) is 0 Å². The van der Waals surface area contributed by atoms with E-state index in [0.29, 0.717) is 12.7 Å². The molecule has 0 saturated carbocycles. The summed E-state index contributed by atoms with van der Waals surface area (Å²) in [5.41, 5.74) is 0. The van der Waals surface area contributed by atoms with E-state index in [1.54, 1.807) is 0 Å². The zero-order valence-corrected chi connectivity index (χ0v) is 4.86. The van der Waals surface area contributed by atoms with Crippen LogP contribution in [0.2, 0.25) is 0 Å². The minimum Gasteiger partial charge on any atom is -0.302 e. The van der Waals surface area contributed by atoms with Gasteiger partial charge in [-0.1, -0.05) is 6.92 Å². The number of alkyl halides is 1. The first-order chi connectivity index (χ1) is 3.85. The van der Waals surface area contributed by atoms with Crippen LogP contribution in [0.15, 0.2) is 0 Å². The average Bonchev–Trinajstić information content (AvgIpc) is 1.83. The van der Waals surface area contributed by atoms with Gasteiger partial charge in [0.15, 0.2) is 0 Å². The second-order valence-corrected chi connectivity index (χ2v) is 1.49. The van der Waals surface area contributed by atoms with Crippen LogP contribution in [0.4, 0.5) is 4.39 Å². The van der Waals surface area contributed by atoms with Crippen molar-refractivity contribution in [3.63, 3.8) is 0 Å². The molecule has 0 fully saturated rings. The van der Waals surface area contributed by atoms with E-state index in [1.165, 1.54) is 0 Å². The predicted molar refractivity (Wildman–Crippen MR) is 29.3 cm³/mol. The normalized spacial score (nSPS) is 13.2. The SMILES string of the molecule is CCC(C=O)NCF. The van der Waals surface area contributed by atoms with Crippen LogP contribution in [0.5, 0.6) is 0 Å². The third kappa shape index (κ3) is 2.69. The van der Waals surface area contributed by atoms with Gasteiger partial charge in [-0.3, -0.25) is 5.32 Å². The van der Waals surface area contributed by atoms with E-state index in [-0.39, 0.29) is 6.04 Å². The highest BCUT2D eigenvalue weighted by atomic mass is 19.1. The van der Waals surface area contributed by atoms with E-state index in [9.17, 15) is 9.18 Å². The van der Waals surface area contributed by atoms with Gasteiger partial charge in [-0.05, 0) is 6.42 Å². The van der Waals surface area contributed by atoms with Crippen LogP contribution in [-0.4, -0.2) is 19.1 Å². The van der Waals surface area contributed by atoms with Gasteiger partial charge in [0, 0.05) is 0 Å². The number of rotatable bonds is 4. The molecule has 0 aromatic carbocycles. The highest BCUT2D eigenvalue weighted by Crippen LogP contribution is 1.83. The summed E-state index contributed by atoms with van der Waals surface area (Å²) >= 11 is 0. The van der Waals surface area contributed by atoms with Gasteiger partial charge < -0.3 is 4.79 Å².